The second kappa shape index (κ2) is 10.5. The molecule has 198 valence electrons. The summed E-state index contributed by atoms with van der Waals surface area (Å²) in [6.07, 6.45) is 1.34. The minimum atomic E-state index is 0.336. The summed E-state index contributed by atoms with van der Waals surface area (Å²) < 4.78 is 33.9. The van der Waals surface area contributed by atoms with E-state index in [1.165, 1.54) is 0 Å². The van der Waals surface area contributed by atoms with Gasteiger partial charge in [-0.05, 0) is 72.8 Å². The van der Waals surface area contributed by atoms with E-state index in [9.17, 15) is 0 Å². The lowest BCUT2D eigenvalue weighted by Gasteiger charge is -2.23. The van der Waals surface area contributed by atoms with Gasteiger partial charge in [0.25, 0.3) is 0 Å². The Kier molecular flexibility index (Phi) is 6.55. The van der Waals surface area contributed by atoms with E-state index in [2.05, 4.69) is 34.1 Å². The van der Waals surface area contributed by atoms with Gasteiger partial charge in [-0.1, -0.05) is 0 Å². The molecular weight excluding hydrogens is 484 g/mol. The van der Waals surface area contributed by atoms with Crippen LogP contribution in [0.15, 0.2) is 72.8 Å². The molecule has 3 aromatic rings. The van der Waals surface area contributed by atoms with Crippen molar-refractivity contribution in [3.63, 3.8) is 0 Å². The van der Waals surface area contributed by atoms with Crippen LogP contribution in [0.5, 0.6) is 23.0 Å². The number of nitrogens with zero attached hydrogens (tertiary/aromatic N) is 2. The van der Waals surface area contributed by atoms with Crippen LogP contribution in [-0.4, -0.2) is 77.0 Å². The Morgan fingerprint density at radius 1 is 0.447 bits per heavy atom. The standard InChI is InChI=1S/C30H32N2O6/c1-5-23(6-2-21(1)31(13-27-17-33-27)14-28-18-34-28)37-25-9-11-26(12-10-25)38-24-7-3-22(4-8-24)32(15-29-19-35-29)16-30-20-36-30/h1-12,27-30H,13-20H2. The fraction of sp³-hybridized carbons (Fsp3) is 0.400. The van der Waals surface area contributed by atoms with Gasteiger partial charge >= 0.3 is 0 Å². The molecule has 0 bridgehead atoms. The molecule has 0 N–H and O–H groups in total. The zero-order valence-electron chi connectivity index (χ0n) is 21.2. The fourth-order valence-electron chi connectivity index (χ4n) is 4.55. The third kappa shape index (κ3) is 6.57. The molecule has 0 amide bonds. The molecule has 3 aromatic carbocycles. The monoisotopic (exact) mass is 516 g/mol. The summed E-state index contributed by atoms with van der Waals surface area (Å²) in [4.78, 5) is 4.66. The third-order valence-electron chi connectivity index (χ3n) is 7.00. The molecule has 0 spiro atoms. The molecule has 4 unspecified atom stereocenters. The number of hydrogen-bond donors (Lipinski definition) is 0. The predicted molar refractivity (Wildman–Crippen MR) is 143 cm³/mol. The number of anilines is 2. The highest BCUT2D eigenvalue weighted by Gasteiger charge is 2.32. The van der Waals surface area contributed by atoms with E-state index in [0.29, 0.717) is 24.4 Å². The maximum atomic E-state index is 6.07. The number of ether oxygens (including phenoxy) is 6. The van der Waals surface area contributed by atoms with Gasteiger partial charge in [0, 0.05) is 37.6 Å². The predicted octanol–water partition coefficient (Wildman–Crippen LogP) is 4.48. The summed E-state index contributed by atoms with van der Waals surface area (Å²) in [5, 5.41) is 0. The van der Waals surface area contributed by atoms with Crippen molar-refractivity contribution >= 4 is 11.4 Å². The quantitative estimate of drug-likeness (QED) is 0.291. The molecular formula is C30H32N2O6. The van der Waals surface area contributed by atoms with Crippen molar-refractivity contribution in [3.05, 3.63) is 72.8 Å². The minimum Gasteiger partial charge on any atom is -0.457 e. The summed E-state index contributed by atoms with van der Waals surface area (Å²) in [5.74, 6) is 3.10. The van der Waals surface area contributed by atoms with E-state index < -0.39 is 0 Å². The Balaban J connectivity index is 0.939. The Hall–Kier alpha value is -3.30. The Morgan fingerprint density at radius 3 is 0.921 bits per heavy atom. The van der Waals surface area contributed by atoms with Crippen LogP contribution in [0.25, 0.3) is 0 Å². The van der Waals surface area contributed by atoms with Crippen LogP contribution in [0.3, 0.4) is 0 Å². The topological polar surface area (TPSA) is 75.1 Å². The zero-order valence-corrected chi connectivity index (χ0v) is 21.2. The molecule has 4 heterocycles. The first-order valence-corrected chi connectivity index (χ1v) is 13.4. The first-order chi connectivity index (χ1) is 18.7. The van der Waals surface area contributed by atoms with Crippen LogP contribution in [-0.2, 0) is 18.9 Å². The lowest BCUT2D eigenvalue weighted by Crippen LogP contribution is -2.31. The average Bonchev–Trinajstić information content (AvgIpc) is 3.76. The highest BCUT2D eigenvalue weighted by Crippen LogP contribution is 2.31. The second-order valence-electron chi connectivity index (χ2n) is 10.3. The molecule has 4 aliphatic heterocycles. The first-order valence-electron chi connectivity index (χ1n) is 13.4. The van der Waals surface area contributed by atoms with Crippen molar-refractivity contribution in [1.82, 2.24) is 0 Å². The highest BCUT2D eigenvalue weighted by atomic mass is 16.6. The van der Waals surface area contributed by atoms with Gasteiger partial charge in [-0.25, -0.2) is 0 Å². The van der Waals surface area contributed by atoms with Gasteiger partial charge in [0.2, 0.25) is 0 Å². The van der Waals surface area contributed by atoms with Crippen LogP contribution < -0.4 is 19.3 Å². The molecule has 0 radical (unpaired) electrons. The van der Waals surface area contributed by atoms with Crippen molar-refractivity contribution in [1.29, 1.82) is 0 Å². The van der Waals surface area contributed by atoms with Crippen LogP contribution in [0, 0.1) is 0 Å². The smallest absolute Gasteiger partial charge is 0.127 e. The lowest BCUT2D eigenvalue weighted by atomic mass is 10.2. The Labute approximate surface area is 222 Å². The molecule has 0 saturated carbocycles. The Bertz CT molecular complexity index is 1080. The maximum Gasteiger partial charge on any atom is 0.127 e. The minimum absolute atomic E-state index is 0.336. The van der Waals surface area contributed by atoms with Gasteiger partial charge in [-0.3, -0.25) is 0 Å². The van der Waals surface area contributed by atoms with Crippen LogP contribution in [0.1, 0.15) is 0 Å². The first kappa shape index (κ1) is 23.8. The summed E-state index contributed by atoms with van der Waals surface area (Å²) >= 11 is 0. The van der Waals surface area contributed by atoms with E-state index in [1.54, 1.807) is 0 Å². The van der Waals surface area contributed by atoms with Gasteiger partial charge in [-0.15, -0.1) is 0 Å². The van der Waals surface area contributed by atoms with E-state index in [1.807, 2.05) is 48.5 Å². The zero-order chi connectivity index (χ0) is 25.3. The fourth-order valence-corrected chi connectivity index (χ4v) is 4.55. The SMILES string of the molecule is c1cc(Oc2ccc(N(CC3CO3)CC3CO3)cc2)ccc1Oc1ccc(N(CC2CO2)CC2CO2)cc1. The van der Waals surface area contributed by atoms with Gasteiger partial charge < -0.3 is 38.2 Å². The van der Waals surface area contributed by atoms with Crippen molar-refractivity contribution in [2.75, 3.05) is 62.4 Å². The summed E-state index contributed by atoms with van der Waals surface area (Å²) in [6, 6.07) is 24.1. The number of benzene rings is 3. The molecule has 7 rings (SSSR count). The van der Waals surface area contributed by atoms with Crippen molar-refractivity contribution in [2.24, 2.45) is 0 Å². The largest absolute Gasteiger partial charge is 0.457 e. The van der Waals surface area contributed by atoms with E-state index in [0.717, 1.165) is 87.0 Å². The summed E-state index contributed by atoms with van der Waals surface area (Å²) in [5.41, 5.74) is 2.31. The Morgan fingerprint density at radius 2 is 0.684 bits per heavy atom. The molecule has 38 heavy (non-hydrogen) atoms. The summed E-state index contributed by atoms with van der Waals surface area (Å²) in [6.45, 7) is 6.97. The van der Waals surface area contributed by atoms with Gasteiger partial charge in [0.05, 0.1) is 50.8 Å². The third-order valence-corrected chi connectivity index (χ3v) is 7.00. The van der Waals surface area contributed by atoms with Gasteiger partial charge in [-0.2, -0.15) is 0 Å². The van der Waals surface area contributed by atoms with Crippen LogP contribution in [0.2, 0.25) is 0 Å². The molecule has 4 aliphatic rings. The molecule has 0 aliphatic carbocycles. The van der Waals surface area contributed by atoms with Crippen molar-refractivity contribution < 1.29 is 28.4 Å². The maximum absolute atomic E-state index is 6.07. The molecule has 4 fully saturated rings. The average molecular weight is 517 g/mol. The lowest BCUT2D eigenvalue weighted by molar-refractivity contribution is 0.388. The van der Waals surface area contributed by atoms with Crippen LogP contribution in [0.4, 0.5) is 11.4 Å². The van der Waals surface area contributed by atoms with Crippen LogP contribution >= 0.6 is 0 Å². The second-order valence-corrected chi connectivity index (χ2v) is 10.3. The van der Waals surface area contributed by atoms with E-state index >= 15 is 0 Å². The summed E-state index contributed by atoms with van der Waals surface area (Å²) in [7, 11) is 0. The number of rotatable bonds is 14. The van der Waals surface area contributed by atoms with Crippen molar-refractivity contribution in [3.8, 4) is 23.0 Å². The number of hydrogen-bond acceptors (Lipinski definition) is 8. The normalized spacial score (nSPS) is 24.4. The highest BCUT2D eigenvalue weighted by molar-refractivity contribution is 5.52. The molecule has 8 heteroatoms. The molecule has 4 atom stereocenters. The van der Waals surface area contributed by atoms with Gasteiger partial charge in [0.15, 0.2) is 0 Å². The molecule has 8 nitrogen and oxygen atoms in total. The molecule has 4 saturated heterocycles. The van der Waals surface area contributed by atoms with E-state index in [4.69, 9.17) is 28.4 Å². The van der Waals surface area contributed by atoms with Crippen molar-refractivity contribution in [2.45, 2.75) is 24.4 Å². The van der Waals surface area contributed by atoms with E-state index in [-0.39, 0.29) is 0 Å². The molecule has 0 aromatic heterocycles. The van der Waals surface area contributed by atoms with Gasteiger partial charge in [0.1, 0.15) is 23.0 Å². The number of epoxide rings is 4.